The molecule has 1 heterocycles. The number of hydrogen-bond donors (Lipinski definition) is 1. The van der Waals surface area contributed by atoms with E-state index in [2.05, 4.69) is 47.4 Å². The third kappa shape index (κ3) is 2.88. The molecular weight excluding hydrogens is 260 g/mol. The van der Waals surface area contributed by atoms with E-state index in [0.717, 1.165) is 24.4 Å². The number of aryl methyl sites for hydroxylation is 1. The van der Waals surface area contributed by atoms with Crippen LogP contribution >= 0.6 is 0 Å². The highest BCUT2D eigenvalue weighted by molar-refractivity contribution is 5.56. The van der Waals surface area contributed by atoms with Crippen molar-refractivity contribution in [3.8, 4) is 5.75 Å². The highest BCUT2D eigenvalue weighted by Crippen LogP contribution is 2.29. The van der Waals surface area contributed by atoms with Gasteiger partial charge in [0, 0.05) is 30.9 Å². The van der Waals surface area contributed by atoms with Gasteiger partial charge in [0.15, 0.2) is 0 Å². The second-order valence-electron chi connectivity index (χ2n) is 5.50. The van der Waals surface area contributed by atoms with Crippen LogP contribution < -0.4 is 15.4 Å². The Hall–Kier alpha value is -2.00. The highest BCUT2D eigenvalue weighted by atomic mass is 16.5. The molecule has 21 heavy (non-hydrogen) atoms. The summed E-state index contributed by atoms with van der Waals surface area (Å²) in [4.78, 5) is 2.45. The predicted molar refractivity (Wildman–Crippen MR) is 86.7 cm³/mol. The molecule has 3 nitrogen and oxygen atoms in total. The van der Waals surface area contributed by atoms with E-state index in [-0.39, 0.29) is 0 Å². The number of nitrogens with zero attached hydrogens (tertiary/aromatic N) is 1. The molecule has 2 aromatic carbocycles. The first-order chi connectivity index (χ1) is 10.3. The van der Waals surface area contributed by atoms with Gasteiger partial charge in [-0.2, -0.15) is 0 Å². The van der Waals surface area contributed by atoms with E-state index in [1.807, 2.05) is 0 Å². The maximum atomic E-state index is 5.73. The number of fused-ring (bicyclic) bond motifs is 1. The first-order valence-corrected chi connectivity index (χ1v) is 7.50. The average Bonchev–Trinajstić information content (AvgIpc) is 2.55. The van der Waals surface area contributed by atoms with E-state index >= 15 is 0 Å². The van der Waals surface area contributed by atoms with Crippen LogP contribution in [0.4, 0.5) is 5.69 Å². The Balaban J connectivity index is 1.85. The highest BCUT2D eigenvalue weighted by Gasteiger charge is 2.16. The van der Waals surface area contributed by atoms with Crippen molar-refractivity contribution in [3.05, 3.63) is 59.2 Å². The lowest BCUT2D eigenvalue weighted by molar-refractivity contribution is 0.409. The number of anilines is 1. The van der Waals surface area contributed by atoms with Crippen molar-refractivity contribution >= 4 is 5.69 Å². The Kier molecular flexibility index (Phi) is 4.11. The SMILES string of the molecule is COc1cc(CN2CCCc3ccccc32)ccc1CN. The van der Waals surface area contributed by atoms with Crippen molar-refractivity contribution in [2.45, 2.75) is 25.9 Å². The van der Waals surface area contributed by atoms with E-state index in [9.17, 15) is 0 Å². The van der Waals surface area contributed by atoms with E-state index in [1.54, 1.807) is 7.11 Å². The fraction of sp³-hybridized carbons (Fsp3) is 0.333. The van der Waals surface area contributed by atoms with Crippen molar-refractivity contribution < 1.29 is 4.74 Å². The van der Waals surface area contributed by atoms with Crippen LogP contribution in [0.15, 0.2) is 42.5 Å². The molecule has 0 fully saturated rings. The number of nitrogens with two attached hydrogens (primary N) is 1. The summed E-state index contributed by atoms with van der Waals surface area (Å²) in [6.07, 6.45) is 2.40. The zero-order chi connectivity index (χ0) is 14.7. The van der Waals surface area contributed by atoms with Gasteiger partial charge in [0.05, 0.1) is 7.11 Å². The third-order valence-corrected chi connectivity index (χ3v) is 4.15. The minimum absolute atomic E-state index is 0.510. The second kappa shape index (κ2) is 6.19. The van der Waals surface area contributed by atoms with Gasteiger partial charge in [-0.15, -0.1) is 0 Å². The van der Waals surface area contributed by atoms with Crippen molar-refractivity contribution in [3.63, 3.8) is 0 Å². The Morgan fingerprint density at radius 1 is 1.19 bits per heavy atom. The molecule has 0 aromatic heterocycles. The monoisotopic (exact) mass is 282 g/mol. The van der Waals surface area contributed by atoms with Gasteiger partial charge in [-0.3, -0.25) is 0 Å². The van der Waals surface area contributed by atoms with Gasteiger partial charge >= 0.3 is 0 Å². The summed E-state index contributed by atoms with van der Waals surface area (Å²) in [5.41, 5.74) is 10.9. The molecule has 2 N–H and O–H groups in total. The lowest BCUT2D eigenvalue weighted by atomic mass is 10.0. The minimum atomic E-state index is 0.510. The van der Waals surface area contributed by atoms with E-state index < -0.39 is 0 Å². The normalized spacial score (nSPS) is 13.9. The van der Waals surface area contributed by atoms with E-state index in [0.29, 0.717) is 6.54 Å². The molecule has 3 rings (SSSR count). The van der Waals surface area contributed by atoms with Crippen molar-refractivity contribution in [1.29, 1.82) is 0 Å². The molecule has 0 unspecified atom stereocenters. The number of methoxy groups -OCH3 is 1. The maximum Gasteiger partial charge on any atom is 0.123 e. The fourth-order valence-electron chi connectivity index (χ4n) is 3.05. The van der Waals surface area contributed by atoms with Crippen LogP contribution in [0.2, 0.25) is 0 Å². The van der Waals surface area contributed by atoms with Crippen LogP contribution in [0.1, 0.15) is 23.1 Å². The van der Waals surface area contributed by atoms with Gasteiger partial charge < -0.3 is 15.4 Å². The molecule has 3 heteroatoms. The summed E-state index contributed by atoms with van der Waals surface area (Å²) in [5.74, 6) is 0.889. The first-order valence-electron chi connectivity index (χ1n) is 7.50. The van der Waals surface area contributed by atoms with Crippen molar-refractivity contribution in [1.82, 2.24) is 0 Å². The lowest BCUT2D eigenvalue weighted by Gasteiger charge is -2.31. The van der Waals surface area contributed by atoms with E-state index in [1.165, 1.54) is 29.7 Å². The van der Waals surface area contributed by atoms with Gasteiger partial charge in [0.25, 0.3) is 0 Å². The minimum Gasteiger partial charge on any atom is -0.496 e. The van der Waals surface area contributed by atoms with Crippen LogP contribution in [0.25, 0.3) is 0 Å². The molecule has 0 radical (unpaired) electrons. The van der Waals surface area contributed by atoms with Crippen LogP contribution in [-0.4, -0.2) is 13.7 Å². The smallest absolute Gasteiger partial charge is 0.123 e. The maximum absolute atomic E-state index is 5.73. The summed E-state index contributed by atoms with van der Waals surface area (Å²) in [6.45, 7) is 2.53. The third-order valence-electron chi connectivity index (χ3n) is 4.15. The molecule has 0 aliphatic carbocycles. The van der Waals surface area contributed by atoms with Gasteiger partial charge in [-0.25, -0.2) is 0 Å². The molecular formula is C18H22N2O. The Morgan fingerprint density at radius 2 is 2.05 bits per heavy atom. The molecule has 1 aliphatic heterocycles. The first kappa shape index (κ1) is 14.0. The van der Waals surface area contributed by atoms with Gasteiger partial charge in [-0.05, 0) is 36.1 Å². The summed E-state index contributed by atoms with van der Waals surface area (Å²) in [5, 5.41) is 0. The Bertz CT molecular complexity index is 624. The van der Waals surface area contributed by atoms with Crippen LogP contribution in [0, 0.1) is 0 Å². The standard InChI is InChI=1S/C18H22N2O/c1-21-18-11-14(8-9-16(18)12-19)13-20-10-4-6-15-5-2-3-7-17(15)20/h2-3,5,7-9,11H,4,6,10,12-13,19H2,1H3. The molecule has 0 amide bonds. The number of para-hydroxylation sites is 1. The molecule has 0 spiro atoms. The van der Waals surface area contributed by atoms with Crippen molar-refractivity contribution in [2.75, 3.05) is 18.6 Å². The quantitative estimate of drug-likeness (QED) is 0.936. The largest absolute Gasteiger partial charge is 0.496 e. The van der Waals surface area contributed by atoms with Gasteiger partial charge in [-0.1, -0.05) is 30.3 Å². The topological polar surface area (TPSA) is 38.5 Å². The summed E-state index contributed by atoms with van der Waals surface area (Å²) < 4.78 is 5.44. The van der Waals surface area contributed by atoms with Crippen molar-refractivity contribution in [2.24, 2.45) is 5.73 Å². The number of ether oxygens (including phenoxy) is 1. The Morgan fingerprint density at radius 3 is 2.86 bits per heavy atom. The molecule has 1 aliphatic rings. The van der Waals surface area contributed by atoms with E-state index in [4.69, 9.17) is 10.5 Å². The summed E-state index contributed by atoms with van der Waals surface area (Å²) >= 11 is 0. The summed E-state index contributed by atoms with van der Waals surface area (Å²) in [6, 6.07) is 15.0. The average molecular weight is 282 g/mol. The fourth-order valence-corrected chi connectivity index (χ4v) is 3.05. The molecule has 0 atom stereocenters. The number of rotatable bonds is 4. The summed E-state index contributed by atoms with van der Waals surface area (Å²) in [7, 11) is 1.70. The molecule has 0 saturated carbocycles. The predicted octanol–water partition coefficient (Wildman–Crippen LogP) is 3.11. The molecule has 0 saturated heterocycles. The van der Waals surface area contributed by atoms with Crippen LogP contribution in [0.3, 0.4) is 0 Å². The molecule has 110 valence electrons. The molecule has 0 bridgehead atoms. The Labute approximate surface area is 126 Å². The zero-order valence-corrected chi connectivity index (χ0v) is 12.5. The van der Waals surface area contributed by atoms with Crippen LogP contribution in [0.5, 0.6) is 5.75 Å². The lowest BCUT2D eigenvalue weighted by Crippen LogP contribution is -2.28. The second-order valence-corrected chi connectivity index (χ2v) is 5.50. The zero-order valence-electron chi connectivity index (χ0n) is 12.5. The van der Waals surface area contributed by atoms with Gasteiger partial charge in [0.2, 0.25) is 0 Å². The molecule has 2 aromatic rings. The number of benzene rings is 2. The van der Waals surface area contributed by atoms with Gasteiger partial charge in [0.1, 0.15) is 5.75 Å². The van der Waals surface area contributed by atoms with Crippen LogP contribution in [-0.2, 0) is 19.5 Å². The number of hydrogen-bond acceptors (Lipinski definition) is 3.